The number of rotatable bonds is 2. The molecule has 0 bridgehead atoms. The number of hydrogen-bond acceptors (Lipinski definition) is 4. The van der Waals surface area contributed by atoms with E-state index in [1.54, 1.807) is 0 Å². The maximum absolute atomic E-state index is 8.77. The second-order valence-electron chi connectivity index (χ2n) is 1.17. The molecule has 0 spiro atoms. The molecule has 5 heteroatoms. The van der Waals surface area contributed by atoms with Gasteiger partial charge in [-0.05, 0) is 0 Å². The molecule has 1 N–H and O–H groups in total. The topological polar surface area (TPSA) is 62.5 Å². The summed E-state index contributed by atoms with van der Waals surface area (Å²) in [4.78, 5) is 8.77. The van der Waals surface area contributed by atoms with Gasteiger partial charge in [-0.3, -0.25) is 0 Å². The molecule has 0 saturated heterocycles. The monoisotopic (exact) mass is 136 g/mol. The molecule has 0 amide bonds. The Balaban J connectivity index is 3.58. The molecule has 0 rings (SSSR count). The van der Waals surface area contributed by atoms with Crippen molar-refractivity contribution in [2.75, 3.05) is 13.8 Å². The third kappa shape index (κ3) is 2.75. The van der Waals surface area contributed by atoms with E-state index in [2.05, 4.69) is 9.05 Å². The first-order valence-corrected chi connectivity index (χ1v) is 3.87. The van der Waals surface area contributed by atoms with Crippen LogP contribution in [0.25, 0.3) is 0 Å². The van der Waals surface area contributed by atoms with Crippen molar-refractivity contribution < 1.29 is 13.9 Å². The average molecular weight is 136 g/mol. The van der Waals surface area contributed by atoms with Crippen molar-refractivity contribution in [3.05, 3.63) is 0 Å². The standard InChI is InChI=1S/C3H7NO3P/c1-6-8(2,5)7-3-4/h5H,1-2H3/q+1. The van der Waals surface area contributed by atoms with Crippen LogP contribution >= 0.6 is 7.94 Å². The molecule has 0 aromatic rings. The first-order valence-electron chi connectivity index (χ1n) is 1.85. The molecule has 0 aliphatic rings. The number of hydrogen-bond donors (Lipinski definition) is 1. The Kier molecular flexibility index (Phi) is 2.70. The summed E-state index contributed by atoms with van der Waals surface area (Å²) in [5, 5.41) is 7.85. The molecule has 0 aromatic heterocycles. The summed E-state index contributed by atoms with van der Waals surface area (Å²) in [7, 11) is -1.50. The molecule has 0 fully saturated rings. The SMILES string of the molecule is CO[P+](C)(O)OC#N. The van der Waals surface area contributed by atoms with E-state index < -0.39 is 7.94 Å². The van der Waals surface area contributed by atoms with Crippen molar-refractivity contribution in [3.63, 3.8) is 0 Å². The molecule has 0 heterocycles. The summed E-state index contributed by atoms with van der Waals surface area (Å²) in [6, 6.07) is 0. The van der Waals surface area contributed by atoms with Crippen LogP contribution in [0.15, 0.2) is 0 Å². The van der Waals surface area contributed by atoms with Gasteiger partial charge in [0, 0.05) is 0 Å². The van der Waals surface area contributed by atoms with Crippen molar-refractivity contribution in [2.45, 2.75) is 0 Å². The normalized spacial score (nSPS) is 16.2. The number of nitrogens with zero attached hydrogens (tertiary/aromatic N) is 1. The average Bonchev–Trinajstić information content (AvgIpc) is 1.67. The van der Waals surface area contributed by atoms with Gasteiger partial charge in [0.25, 0.3) is 0 Å². The molecule has 4 nitrogen and oxygen atoms in total. The van der Waals surface area contributed by atoms with Crippen molar-refractivity contribution in [1.82, 2.24) is 0 Å². The highest BCUT2D eigenvalue weighted by molar-refractivity contribution is 7.59. The Labute approximate surface area is 48.2 Å². The molecule has 1 atom stereocenters. The van der Waals surface area contributed by atoms with Gasteiger partial charge in [-0.25, -0.2) is 4.52 Å². The Morgan fingerprint density at radius 2 is 2.25 bits per heavy atom. The molecule has 0 radical (unpaired) electrons. The van der Waals surface area contributed by atoms with Gasteiger partial charge in [-0.1, -0.05) is 0 Å². The maximum Gasteiger partial charge on any atom is 0.468 e. The van der Waals surface area contributed by atoms with Crippen LogP contribution in [0.3, 0.4) is 0 Å². The zero-order valence-corrected chi connectivity index (χ0v) is 5.55. The van der Waals surface area contributed by atoms with E-state index in [1.807, 2.05) is 0 Å². The second kappa shape index (κ2) is 2.83. The van der Waals surface area contributed by atoms with E-state index >= 15 is 0 Å². The van der Waals surface area contributed by atoms with E-state index in [-0.39, 0.29) is 0 Å². The zero-order valence-electron chi connectivity index (χ0n) is 4.66. The van der Waals surface area contributed by atoms with E-state index in [0.29, 0.717) is 0 Å². The molecule has 1 unspecified atom stereocenters. The Hall–Kier alpha value is -0.360. The van der Waals surface area contributed by atoms with Crippen LogP contribution in [-0.2, 0) is 9.05 Å². The highest BCUT2D eigenvalue weighted by Crippen LogP contribution is 2.51. The van der Waals surface area contributed by atoms with Crippen LogP contribution in [0.1, 0.15) is 0 Å². The fraction of sp³-hybridized carbons (Fsp3) is 0.667. The molecule has 0 aliphatic carbocycles. The minimum atomic E-state index is -2.78. The Morgan fingerprint density at radius 3 is 2.38 bits per heavy atom. The van der Waals surface area contributed by atoms with Crippen LogP contribution in [0, 0.1) is 11.5 Å². The smallest absolute Gasteiger partial charge is 0.209 e. The largest absolute Gasteiger partial charge is 0.468 e. The van der Waals surface area contributed by atoms with Crippen molar-refractivity contribution in [2.24, 2.45) is 0 Å². The summed E-state index contributed by atoms with van der Waals surface area (Å²) in [5.74, 6) is 0. The summed E-state index contributed by atoms with van der Waals surface area (Å²) in [5.41, 5.74) is 0. The molecule has 46 valence electrons. The minimum absolute atomic E-state index is 1.28. The second-order valence-corrected chi connectivity index (χ2v) is 3.32. The molecule has 0 saturated carbocycles. The van der Waals surface area contributed by atoms with Crippen LogP contribution in [0.4, 0.5) is 0 Å². The summed E-state index contributed by atoms with van der Waals surface area (Å²) in [6.45, 7) is 1.33. The van der Waals surface area contributed by atoms with Gasteiger partial charge >= 0.3 is 14.2 Å². The van der Waals surface area contributed by atoms with E-state index in [9.17, 15) is 0 Å². The van der Waals surface area contributed by atoms with Crippen LogP contribution in [0.5, 0.6) is 0 Å². The van der Waals surface area contributed by atoms with Gasteiger partial charge < -0.3 is 0 Å². The van der Waals surface area contributed by atoms with Crippen LogP contribution in [0.2, 0.25) is 0 Å². The first kappa shape index (κ1) is 7.64. The lowest BCUT2D eigenvalue weighted by molar-refractivity contribution is 0.277. The zero-order chi connectivity index (χ0) is 6.62. The van der Waals surface area contributed by atoms with Crippen LogP contribution in [-0.4, -0.2) is 18.7 Å². The number of nitriles is 1. The predicted molar refractivity (Wildman–Crippen MR) is 28.8 cm³/mol. The van der Waals surface area contributed by atoms with Gasteiger partial charge in [0.15, 0.2) is 0 Å². The van der Waals surface area contributed by atoms with Crippen molar-refractivity contribution in [3.8, 4) is 6.26 Å². The van der Waals surface area contributed by atoms with Crippen molar-refractivity contribution in [1.29, 1.82) is 5.26 Å². The highest BCUT2D eigenvalue weighted by atomic mass is 31.2. The molecule has 8 heavy (non-hydrogen) atoms. The fourth-order valence-electron chi connectivity index (χ4n) is 0.113. The fourth-order valence-corrected chi connectivity index (χ4v) is 0.339. The van der Waals surface area contributed by atoms with Gasteiger partial charge in [0.2, 0.25) is 0 Å². The third-order valence-corrected chi connectivity index (χ3v) is 1.65. The van der Waals surface area contributed by atoms with Crippen molar-refractivity contribution >= 4 is 7.94 Å². The van der Waals surface area contributed by atoms with Gasteiger partial charge in [-0.15, -0.1) is 5.26 Å². The third-order valence-electron chi connectivity index (χ3n) is 0.549. The van der Waals surface area contributed by atoms with Gasteiger partial charge in [-0.2, -0.15) is 9.42 Å². The lowest BCUT2D eigenvalue weighted by Crippen LogP contribution is -1.91. The van der Waals surface area contributed by atoms with E-state index in [1.165, 1.54) is 20.0 Å². The summed E-state index contributed by atoms with van der Waals surface area (Å²) in [6.07, 6.45) is 1.33. The lowest BCUT2D eigenvalue weighted by Gasteiger charge is -2.01. The van der Waals surface area contributed by atoms with E-state index in [0.717, 1.165) is 0 Å². The van der Waals surface area contributed by atoms with Gasteiger partial charge in [0.1, 0.15) is 6.66 Å². The highest BCUT2D eigenvalue weighted by Gasteiger charge is 2.32. The molecule has 0 aromatic carbocycles. The van der Waals surface area contributed by atoms with E-state index in [4.69, 9.17) is 10.2 Å². The Bertz CT molecular complexity index is 108. The quantitative estimate of drug-likeness (QED) is 0.444. The maximum atomic E-state index is 8.77. The summed E-state index contributed by atoms with van der Waals surface area (Å²) >= 11 is 0. The predicted octanol–water partition coefficient (Wildman–Crippen LogP) is 0.515. The Morgan fingerprint density at radius 1 is 1.75 bits per heavy atom. The van der Waals surface area contributed by atoms with Crippen LogP contribution < -0.4 is 0 Å². The first-order chi connectivity index (χ1) is 3.62. The minimum Gasteiger partial charge on any atom is -0.209 e. The molecule has 0 aliphatic heterocycles. The lowest BCUT2D eigenvalue weighted by atomic mass is 11.6. The van der Waals surface area contributed by atoms with Gasteiger partial charge in [0.05, 0.1) is 7.11 Å². The summed E-state index contributed by atoms with van der Waals surface area (Å²) < 4.78 is 8.53. The molecular formula is C3H7NO3P+. The molecular weight excluding hydrogens is 129 g/mol.